The smallest absolute Gasteiger partial charge is 0.259 e. The Morgan fingerprint density at radius 2 is 1.47 bits per heavy atom. The van der Waals surface area contributed by atoms with E-state index in [-0.39, 0.29) is 11.6 Å². The van der Waals surface area contributed by atoms with E-state index in [2.05, 4.69) is 73.0 Å². The number of para-hydroxylation sites is 1. The summed E-state index contributed by atoms with van der Waals surface area (Å²) in [5.41, 5.74) is 2.99. The average Bonchev–Trinajstić information content (AvgIpc) is 2.65. The van der Waals surface area contributed by atoms with Gasteiger partial charge in [0.2, 0.25) is 0 Å². The third-order valence-corrected chi connectivity index (χ3v) is 5.59. The second kappa shape index (κ2) is 9.98. The summed E-state index contributed by atoms with van der Waals surface area (Å²) < 4.78 is 12.9. The minimum absolute atomic E-state index is 0.104. The number of rotatable bonds is 10. The van der Waals surface area contributed by atoms with E-state index in [1.54, 1.807) is 0 Å². The molecule has 0 aliphatic carbocycles. The molecule has 3 heteroatoms. The van der Waals surface area contributed by atoms with E-state index in [1.165, 1.54) is 11.1 Å². The lowest BCUT2D eigenvalue weighted by molar-refractivity contribution is -0.940. The normalized spacial score (nSPS) is 13.9. The zero-order valence-electron chi connectivity index (χ0n) is 20.4. The van der Waals surface area contributed by atoms with Crippen LogP contribution in [0.5, 0.6) is 5.75 Å². The van der Waals surface area contributed by atoms with E-state index in [0.29, 0.717) is 9.90 Å². The maximum Gasteiger partial charge on any atom is 0.259 e. The summed E-state index contributed by atoms with van der Waals surface area (Å²) >= 11 is 0. The molecular weight excluding hydrogens is 370 g/mol. The Morgan fingerprint density at radius 1 is 0.867 bits per heavy atom. The standard InChI is InChI=1S/C27H42NO2/c1-9-29-20-19-28(7,8)25(30-24-13-11-10-12-14-24)22-15-17-23(18-16-22)27(5,6)21-26(2,3)4/h10-18,25H,9,19-21H2,1-8H3/q+1. The van der Waals surface area contributed by atoms with Gasteiger partial charge in [-0.25, -0.2) is 0 Å². The fourth-order valence-corrected chi connectivity index (χ4v) is 4.33. The van der Waals surface area contributed by atoms with Crippen molar-refractivity contribution in [2.45, 2.75) is 59.6 Å². The van der Waals surface area contributed by atoms with E-state index >= 15 is 0 Å². The van der Waals surface area contributed by atoms with Crippen molar-refractivity contribution in [1.82, 2.24) is 0 Å². The van der Waals surface area contributed by atoms with Crippen LogP contribution in [0.2, 0.25) is 0 Å². The minimum atomic E-state index is -0.104. The lowest BCUT2D eigenvalue weighted by Crippen LogP contribution is -2.48. The third kappa shape index (κ3) is 7.14. The topological polar surface area (TPSA) is 18.5 Å². The number of ether oxygens (including phenoxy) is 2. The molecular formula is C27H42NO2+. The molecule has 0 aromatic heterocycles. The molecule has 1 unspecified atom stereocenters. The Labute approximate surface area is 184 Å². The monoisotopic (exact) mass is 412 g/mol. The van der Waals surface area contributed by atoms with Gasteiger partial charge in [-0.2, -0.15) is 0 Å². The van der Waals surface area contributed by atoms with Crippen LogP contribution in [0.4, 0.5) is 0 Å². The van der Waals surface area contributed by atoms with Crippen molar-refractivity contribution in [3.05, 3.63) is 65.7 Å². The van der Waals surface area contributed by atoms with Crippen LogP contribution in [0.25, 0.3) is 0 Å². The van der Waals surface area contributed by atoms with Gasteiger partial charge in [-0.15, -0.1) is 0 Å². The van der Waals surface area contributed by atoms with E-state index in [9.17, 15) is 0 Å². The van der Waals surface area contributed by atoms with Crippen LogP contribution in [-0.4, -0.2) is 38.3 Å². The zero-order valence-corrected chi connectivity index (χ0v) is 20.4. The zero-order chi connectivity index (χ0) is 22.4. The molecule has 166 valence electrons. The molecule has 0 saturated carbocycles. The van der Waals surface area contributed by atoms with Crippen LogP contribution in [-0.2, 0) is 10.2 Å². The lowest BCUT2D eigenvalue weighted by atomic mass is 9.72. The quantitative estimate of drug-likeness (QED) is 0.249. The first kappa shape index (κ1) is 24.4. The van der Waals surface area contributed by atoms with Gasteiger partial charge in [0, 0.05) is 6.61 Å². The molecule has 0 N–H and O–H groups in total. The molecule has 2 rings (SSSR count). The van der Waals surface area contributed by atoms with Crippen LogP contribution in [0.15, 0.2) is 54.6 Å². The molecule has 0 aliphatic heterocycles. The predicted molar refractivity (Wildman–Crippen MR) is 127 cm³/mol. The van der Waals surface area contributed by atoms with Gasteiger partial charge in [0.25, 0.3) is 6.23 Å². The molecule has 0 bridgehead atoms. The Hall–Kier alpha value is -1.84. The first-order chi connectivity index (χ1) is 13.9. The van der Waals surface area contributed by atoms with Gasteiger partial charge in [0.05, 0.1) is 26.3 Å². The Kier molecular flexibility index (Phi) is 8.13. The number of hydrogen-bond donors (Lipinski definition) is 0. The van der Waals surface area contributed by atoms with Crippen molar-refractivity contribution in [3.63, 3.8) is 0 Å². The van der Waals surface area contributed by atoms with Gasteiger partial charge in [0.1, 0.15) is 12.3 Å². The summed E-state index contributed by atoms with van der Waals surface area (Å²) in [6, 6.07) is 19.2. The maximum atomic E-state index is 6.52. The second-order valence-electron chi connectivity index (χ2n) is 10.7. The molecule has 2 aromatic rings. The van der Waals surface area contributed by atoms with Gasteiger partial charge in [-0.1, -0.05) is 65.0 Å². The van der Waals surface area contributed by atoms with Gasteiger partial charge >= 0.3 is 0 Å². The highest BCUT2D eigenvalue weighted by atomic mass is 16.5. The summed E-state index contributed by atoms with van der Waals surface area (Å²) in [6.07, 6.45) is 1.03. The van der Waals surface area contributed by atoms with Crippen molar-refractivity contribution in [1.29, 1.82) is 0 Å². The second-order valence-corrected chi connectivity index (χ2v) is 10.7. The average molecular weight is 413 g/mol. The Bertz CT molecular complexity index is 758. The first-order valence-corrected chi connectivity index (χ1v) is 11.2. The first-order valence-electron chi connectivity index (χ1n) is 11.2. The van der Waals surface area contributed by atoms with Crippen molar-refractivity contribution in [3.8, 4) is 5.75 Å². The molecule has 0 amide bonds. The van der Waals surface area contributed by atoms with Crippen molar-refractivity contribution in [2.24, 2.45) is 5.41 Å². The van der Waals surface area contributed by atoms with Crippen LogP contribution in [0.1, 0.15) is 65.3 Å². The van der Waals surface area contributed by atoms with Crippen molar-refractivity contribution < 1.29 is 14.0 Å². The van der Waals surface area contributed by atoms with Crippen molar-refractivity contribution in [2.75, 3.05) is 33.9 Å². The minimum Gasteiger partial charge on any atom is -0.438 e. The summed E-state index contributed by atoms with van der Waals surface area (Å²) in [7, 11) is 4.42. The van der Waals surface area contributed by atoms with Gasteiger partial charge in [0.15, 0.2) is 0 Å². The molecule has 0 heterocycles. The molecule has 0 spiro atoms. The lowest BCUT2D eigenvalue weighted by Gasteiger charge is -2.38. The highest BCUT2D eigenvalue weighted by molar-refractivity contribution is 5.30. The van der Waals surface area contributed by atoms with Crippen LogP contribution in [0, 0.1) is 5.41 Å². The SMILES string of the molecule is CCOCC[N+](C)(C)C(Oc1ccccc1)c1ccc(C(C)(C)CC(C)(C)C)cc1. The summed E-state index contributed by atoms with van der Waals surface area (Å²) in [5, 5.41) is 0. The Morgan fingerprint density at radius 3 is 2.00 bits per heavy atom. The fraction of sp³-hybridized carbons (Fsp3) is 0.556. The molecule has 1 atom stereocenters. The third-order valence-electron chi connectivity index (χ3n) is 5.59. The largest absolute Gasteiger partial charge is 0.438 e. The van der Waals surface area contributed by atoms with Crippen LogP contribution in [0.3, 0.4) is 0 Å². The van der Waals surface area contributed by atoms with E-state index < -0.39 is 0 Å². The summed E-state index contributed by atoms with van der Waals surface area (Å²) in [6.45, 7) is 16.0. The molecule has 2 aromatic carbocycles. The summed E-state index contributed by atoms with van der Waals surface area (Å²) in [5.74, 6) is 0.891. The van der Waals surface area contributed by atoms with E-state index in [4.69, 9.17) is 9.47 Å². The molecule has 0 radical (unpaired) electrons. The van der Waals surface area contributed by atoms with Gasteiger partial charge in [-0.05, 0) is 54.0 Å². The fourth-order valence-electron chi connectivity index (χ4n) is 4.33. The number of likely N-dealkylation sites (N-methyl/N-ethyl adjacent to an activating group) is 1. The van der Waals surface area contributed by atoms with Crippen LogP contribution >= 0.6 is 0 Å². The maximum absolute atomic E-state index is 6.52. The number of nitrogens with zero attached hydrogens (tertiary/aromatic N) is 1. The summed E-state index contributed by atoms with van der Waals surface area (Å²) in [4.78, 5) is 0. The van der Waals surface area contributed by atoms with Gasteiger partial charge < -0.3 is 9.47 Å². The molecule has 0 fully saturated rings. The number of hydrogen-bond acceptors (Lipinski definition) is 2. The molecule has 3 nitrogen and oxygen atoms in total. The van der Waals surface area contributed by atoms with Crippen molar-refractivity contribution >= 4 is 0 Å². The number of benzene rings is 2. The predicted octanol–water partition coefficient (Wildman–Crippen LogP) is 6.59. The van der Waals surface area contributed by atoms with E-state index in [1.807, 2.05) is 37.3 Å². The Balaban J connectivity index is 2.31. The highest BCUT2D eigenvalue weighted by Gasteiger charge is 2.33. The molecule has 0 saturated heterocycles. The molecule has 0 aliphatic rings. The number of quaternary nitrogens is 1. The van der Waals surface area contributed by atoms with E-state index in [0.717, 1.165) is 31.9 Å². The van der Waals surface area contributed by atoms with Gasteiger partial charge in [-0.3, -0.25) is 4.48 Å². The van der Waals surface area contributed by atoms with Crippen LogP contribution < -0.4 is 4.74 Å². The molecule has 30 heavy (non-hydrogen) atoms. The highest BCUT2D eigenvalue weighted by Crippen LogP contribution is 2.37.